The van der Waals surface area contributed by atoms with Crippen LogP contribution in [-0.4, -0.2) is 25.2 Å². The van der Waals surface area contributed by atoms with E-state index in [1.807, 2.05) is 0 Å². The third-order valence-corrected chi connectivity index (χ3v) is 7.11. The molecule has 0 atom stereocenters. The van der Waals surface area contributed by atoms with Gasteiger partial charge >= 0.3 is 0 Å². The quantitative estimate of drug-likeness (QED) is 0.425. The van der Waals surface area contributed by atoms with Crippen LogP contribution in [0.15, 0.2) is 25.7 Å². The Bertz CT molecular complexity index is 536. The van der Waals surface area contributed by atoms with E-state index in [1.165, 1.54) is 12.5 Å². The Kier molecular flexibility index (Phi) is 9.73. The number of carbonyl (C=O) groups is 2. The van der Waals surface area contributed by atoms with Crippen LogP contribution in [0, 0.1) is 29.1 Å². The molecular weight excluding hydrogens is 384 g/mol. The van der Waals surface area contributed by atoms with Crippen LogP contribution in [0.1, 0.15) is 70.6 Å². The minimum Gasteiger partial charge on any atom is -0.550 e. The third kappa shape index (κ3) is 7.37. The first-order chi connectivity index (χ1) is 14.4. The molecule has 0 heterocycles. The smallest absolute Gasteiger partial charge is 0.0901 e. The molecule has 0 unspecified atom stereocenters. The zero-order chi connectivity index (χ0) is 22.0. The van der Waals surface area contributed by atoms with Gasteiger partial charge in [-0.15, -0.1) is 0 Å². The summed E-state index contributed by atoms with van der Waals surface area (Å²) in [5.74, 6) is -1.25. The standard InChI is InChI=1S/C24H38O6/c1-3-29-16-20-9-5-18(6-10-20)13-24(23(27)28,15-22(25)26)14-19-7-11-21(12-8-19)17-30-4-2/h3-4,18-21H,1-2,5-17H2,(H,25,26)(H,27,28)/p-2. The fraction of sp³-hybridized carbons (Fsp3) is 0.750. The first-order valence-electron chi connectivity index (χ1n) is 11.2. The molecule has 0 aromatic carbocycles. The molecule has 0 N–H and O–H groups in total. The summed E-state index contributed by atoms with van der Waals surface area (Å²) in [6.07, 6.45) is 10.5. The lowest BCUT2D eigenvalue weighted by molar-refractivity contribution is -0.330. The van der Waals surface area contributed by atoms with Crippen LogP contribution in [0.3, 0.4) is 0 Å². The Morgan fingerprint density at radius 3 is 1.43 bits per heavy atom. The monoisotopic (exact) mass is 420 g/mol. The van der Waals surface area contributed by atoms with Crippen molar-refractivity contribution in [2.75, 3.05) is 13.2 Å². The van der Waals surface area contributed by atoms with Crippen molar-refractivity contribution in [3.63, 3.8) is 0 Å². The number of hydrogen-bond donors (Lipinski definition) is 0. The van der Waals surface area contributed by atoms with E-state index in [1.54, 1.807) is 0 Å². The highest BCUT2D eigenvalue weighted by Gasteiger charge is 2.39. The summed E-state index contributed by atoms with van der Waals surface area (Å²) in [5, 5.41) is 23.7. The summed E-state index contributed by atoms with van der Waals surface area (Å²) >= 11 is 0. The second kappa shape index (κ2) is 12.0. The molecule has 0 aliphatic heterocycles. The van der Waals surface area contributed by atoms with Crippen molar-refractivity contribution in [1.29, 1.82) is 0 Å². The topological polar surface area (TPSA) is 98.7 Å². The summed E-state index contributed by atoms with van der Waals surface area (Å²) in [4.78, 5) is 23.7. The summed E-state index contributed by atoms with van der Waals surface area (Å²) in [6.45, 7) is 8.40. The number of aliphatic carboxylic acids is 2. The van der Waals surface area contributed by atoms with Gasteiger partial charge in [-0.3, -0.25) is 0 Å². The van der Waals surface area contributed by atoms with Gasteiger partial charge in [-0.2, -0.15) is 0 Å². The zero-order valence-electron chi connectivity index (χ0n) is 18.0. The molecule has 0 aromatic rings. The first kappa shape index (κ1) is 24.3. The minimum absolute atomic E-state index is 0.194. The molecular formula is C24H36O6-2. The molecule has 2 aliphatic rings. The summed E-state index contributed by atoms with van der Waals surface area (Å²) in [7, 11) is 0. The minimum atomic E-state index is -1.34. The van der Waals surface area contributed by atoms with Gasteiger partial charge in [0.05, 0.1) is 25.7 Å². The number of carbonyl (C=O) groups excluding carboxylic acids is 2. The Hall–Kier alpha value is -1.98. The van der Waals surface area contributed by atoms with Crippen molar-refractivity contribution in [3.8, 4) is 0 Å². The molecule has 0 radical (unpaired) electrons. The highest BCUT2D eigenvalue weighted by molar-refractivity contribution is 5.79. The van der Waals surface area contributed by atoms with E-state index >= 15 is 0 Å². The molecule has 6 heteroatoms. The molecule has 2 rings (SSSR count). The first-order valence-corrected chi connectivity index (χ1v) is 11.2. The average molecular weight is 421 g/mol. The molecule has 0 aromatic heterocycles. The van der Waals surface area contributed by atoms with Crippen LogP contribution in [0.2, 0.25) is 0 Å². The molecule has 6 nitrogen and oxygen atoms in total. The van der Waals surface area contributed by atoms with Crippen molar-refractivity contribution in [1.82, 2.24) is 0 Å². The summed E-state index contributed by atoms with van der Waals surface area (Å²) < 4.78 is 10.6. The van der Waals surface area contributed by atoms with E-state index in [0.29, 0.717) is 37.9 Å². The maximum Gasteiger partial charge on any atom is 0.0901 e. The molecule has 0 saturated heterocycles. The number of hydrogen-bond acceptors (Lipinski definition) is 6. The number of ether oxygens (including phenoxy) is 2. The van der Waals surface area contributed by atoms with Crippen molar-refractivity contribution >= 4 is 11.9 Å². The number of rotatable bonds is 13. The molecule has 2 aliphatic carbocycles. The third-order valence-electron chi connectivity index (χ3n) is 7.11. The van der Waals surface area contributed by atoms with Gasteiger partial charge in [0.1, 0.15) is 0 Å². The number of carboxylic acid groups (broad SMARTS) is 2. The second-order valence-corrected chi connectivity index (χ2v) is 9.30. The van der Waals surface area contributed by atoms with Gasteiger partial charge in [-0.25, -0.2) is 0 Å². The van der Waals surface area contributed by atoms with Crippen LogP contribution in [0.25, 0.3) is 0 Å². The van der Waals surface area contributed by atoms with Gasteiger partial charge < -0.3 is 29.3 Å². The second-order valence-electron chi connectivity index (χ2n) is 9.30. The van der Waals surface area contributed by atoms with Gasteiger partial charge in [-0.05, 0) is 68.6 Å². The molecule has 2 saturated carbocycles. The Morgan fingerprint density at radius 1 is 0.767 bits per heavy atom. The largest absolute Gasteiger partial charge is 0.550 e. The van der Waals surface area contributed by atoms with Gasteiger partial charge in [-0.1, -0.05) is 38.8 Å². The van der Waals surface area contributed by atoms with E-state index in [-0.39, 0.29) is 11.8 Å². The SMILES string of the molecule is C=COCC1CCC(CC(CC(=O)[O-])(CC2CCC(COC=C)CC2)C(=O)[O-])CC1. The predicted molar refractivity (Wildman–Crippen MR) is 109 cm³/mol. The Labute approximate surface area is 180 Å². The summed E-state index contributed by atoms with van der Waals surface area (Å²) in [5.41, 5.74) is -1.34. The fourth-order valence-electron chi connectivity index (χ4n) is 5.46. The molecule has 0 bridgehead atoms. The van der Waals surface area contributed by atoms with Crippen molar-refractivity contribution in [3.05, 3.63) is 25.7 Å². The van der Waals surface area contributed by atoms with Crippen molar-refractivity contribution < 1.29 is 29.3 Å². The zero-order valence-corrected chi connectivity index (χ0v) is 18.0. The van der Waals surface area contributed by atoms with E-state index in [0.717, 1.165) is 51.4 Å². The van der Waals surface area contributed by atoms with Crippen molar-refractivity contribution in [2.24, 2.45) is 29.1 Å². The maximum absolute atomic E-state index is 12.3. The van der Waals surface area contributed by atoms with E-state index < -0.39 is 23.8 Å². The van der Waals surface area contributed by atoms with E-state index in [4.69, 9.17) is 9.47 Å². The Morgan fingerprint density at radius 2 is 1.13 bits per heavy atom. The maximum atomic E-state index is 12.3. The molecule has 0 spiro atoms. The van der Waals surface area contributed by atoms with E-state index in [9.17, 15) is 19.8 Å². The van der Waals surface area contributed by atoms with Gasteiger partial charge in [0, 0.05) is 17.4 Å². The van der Waals surface area contributed by atoms with Crippen LogP contribution in [0.4, 0.5) is 0 Å². The number of carboxylic acids is 2. The van der Waals surface area contributed by atoms with Gasteiger partial charge in [0.25, 0.3) is 0 Å². The lowest BCUT2D eigenvalue weighted by Gasteiger charge is -2.43. The fourth-order valence-corrected chi connectivity index (χ4v) is 5.46. The highest BCUT2D eigenvalue weighted by atomic mass is 16.5. The molecule has 170 valence electrons. The normalized spacial score (nSPS) is 28.7. The van der Waals surface area contributed by atoms with E-state index in [2.05, 4.69) is 13.2 Å². The molecule has 2 fully saturated rings. The Balaban J connectivity index is 1.98. The lowest BCUT2D eigenvalue weighted by atomic mass is 9.65. The van der Waals surface area contributed by atoms with Crippen LogP contribution in [0.5, 0.6) is 0 Å². The van der Waals surface area contributed by atoms with Crippen molar-refractivity contribution in [2.45, 2.75) is 70.6 Å². The highest BCUT2D eigenvalue weighted by Crippen LogP contribution is 2.45. The molecule has 30 heavy (non-hydrogen) atoms. The van der Waals surface area contributed by atoms with Crippen LogP contribution < -0.4 is 10.2 Å². The van der Waals surface area contributed by atoms with Crippen LogP contribution >= 0.6 is 0 Å². The van der Waals surface area contributed by atoms with Gasteiger partial charge in [0.15, 0.2) is 0 Å². The van der Waals surface area contributed by atoms with Crippen LogP contribution in [-0.2, 0) is 19.1 Å². The predicted octanol–water partition coefficient (Wildman–Crippen LogP) is 2.58. The summed E-state index contributed by atoms with van der Waals surface area (Å²) in [6, 6.07) is 0. The molecule has 0 amide bonds. The average Bonchev–Trinajstić information content (AvgIpc) is 2.72. The lowest BCUT2D eigenvalue weighted by Crippen LogP contribution is -2.48. The van der Waals surface area contributed by atoms with Gasteiger partial charge in [0.2, 0.25) is 0 Å².